The third-order valence-electron chi connectivity index (χ3n) is 10.0. The van der Waals surface area contributed by atoms with Crippen LogP contribution in [-0.2, 0) is 29.8 Å². The van der Waals surface area contributed by atoms with Crippen LogP contribution < -0.4 is 9.47 Å². The molecule has 0 spiro atoms. The monoisotopic (exact) mass is 672 g/mol. The largest absolute Gasteiger partial charge is 0.497 e. The Morgan fingerprint density at radius 3 is 2.38 bits per heavy atom. The molecule has 2 saturated carbocycles. The molecule has 0 radical (unpaired) electrons. The molecule has 3 aliphatic rings. The molecule has 0 N–H and O–H groups in total. The molecule has 264 valence electrons. The number of methoxy groups -OCH3 is 1. The third-order valence-corrected chi connectivity index (χ3v) is 10.0. The van der Waals surface area contributed by atoms with E-state index in [4.69, 9.17) is 18.9 Å². The van der Waals surface area contributed by atoms with Crippen LogP contribution in [0.15, 0.2) is 18.2 Å². The lowest BCUT2D eigenvalue weighted by Gasteiger charge is -2.33. The van der Waals surface area contributed by atoms with Crippen LogP contribution in [0.3, 0.4) is 0 Å². The lowest BCUT2D eigenvalue weighted by atomic mass is 9.70. The van der Waals surface area contributed by atoms with Crippen molar-refractivity contribution in [2.24, 2.45) is 35.0 Å². The van der Waals surface area contributed by atoms with E-state index in [1.807, 2.05) is 27.7 Å². The SMILES string of the molecule is CC[C@@H]1[C@@H]2CC(C(=O)[C@H](C(C)(C)C)CC(=O)O[C@@H]3C[C@H]3CCCCC(F)(F)c3nc4ccc(OC)cc4nc3O2)[C@@H]1C(=O)OC(C)(C)C. The van der Waals surface area contributed by atoms with Gasteiger partial charge in [-0.05, 0) is 76.3 Å². The van der Waals surface area contributed by atoms with Crippen LogP contribution in [0.1, 0.15) is 106 Å². The number of ketones is 1. The van der Waals surface area contributed by atoms with Crippen molar-refractivity contribution < 1.29 is 42.1 Å². The van der Waals surface area contributed by atoms with Crippen molar-refractivity contribution in [3.05, 3.63) is 23.9 Å². The van der Waals surface area contributed by atoms with Gasteiger partial charge in [0.2, 0.25) is 5.88 Å². The number of carbonyl (C=O) groups excluding carboxylic acids is 3. The minimum atomic E-state index is -3.37. The Bertz CT molecular complexity index is 1530. The summed E-state index contributed by atoms with van der Waals surface area (Å²) < 4.78 is 55.6. The molecule has 2 heterocycles. The normalized spacial score (nSPS) is 29.8. The van der Waals surface area contributed by atoms with E-state index in [0.29, 0.717) is 36.9 Å². The Kier molecular flexibility index (Phi) is 10.1. The first kappa shape index (κ1) is 35.9. The number of nitrogens with zero attached hydrogens (tertiary/aromatic N) is 2. The Morgan fingerprint density at radius 1 is 1.00 bits per heavy atom. The number of benzene rings is 1. The van der Waals surface area contributed by atoms with E-state index in [1.165, 1.54) is 7.11 Å². The minimum Gasteiger partial charge on any atom is -0.497 e. The molecule has 2 bridgehead atoms. The van der Waals surface area contributed by atoms with Gasteiger partial charge in [0, 0.05) is 30.2 Å². The molecule has 48 heavy (non-hydrogen) atoms. The number of esters is 2. The molecule has 7 atom stereocenters. The van der Waals surface area contributed by atoms with Crippen molar-refractivity contribution in [2.75, 3.05) is 7.11 Å². The van der Waals surface area contributed by atoms with Crippen LogP contribution >= 0.6 is 0 Å². The smallest absolute Gasteiger partial charge is 0.310 e. The van der Waals surface area contributed by atoms with Crippen LogP contribution in [0, 0.1) is 35.0 Å². The maximum Gasteiger partial charge on any atom is 0.310 e. The molecule has 2 fully saturated rings. The molecular weight excluding hydrogens is 622 g/mol. The first-order valence-corrected chi connectivity index (χ1v) is 17.3. The summed E-state index contributed by atoms with van der Waals surface area (Å²) in [6.07, 6.45) is 0.896. The summed E-state index contributed by atoms with van der Waals surface area (Å²) in [6.45, 7) is 12.8. The summed E-state index contributed by atoms with van der Waals surface area (Å²) >= 11 is 0. The summed E-state index contributed by atoms with van der Waals surface area (Å²) in [4.78, 5) is 50.7. The van der Waals surface area contributed by atoms with Crippen molar-refractivity contribution in [3.63, 3.8) is 0 Å². The van der Waals surface area contributed by atoms with Crippen LogP contribution in [0.2, 0.25) is 0 Å². The highest BCUT2D eigenvalue weighted by Gasteiger charge is 2.55. The van der Waals surface area contributed by atoms with Gasteiger partial charge in [-0.1, -0.05) is 34.1 Å². The second kappa shape index (κ2) is 13.5. The van der Waals surface area contributed by atoms with E-state index in [2.05, 4.69) is 9.97 Å². The molecule has 1 aliphatic heterocycles. The van der Waals surface area contributed by atoms with Gasteiger partial charge in [0.05, 0.1) is 30.5 Å². The molecule has 1 unspecified atom stereocenters. The molecule has 5 rings (SSSR count). The maximum absolute atomic E-state index is 16.1. The lowest BCUT2D eigenvalue weighted by Crippen LogP contribution is -2.41. The molecule has 0 amide bonds. The Hall–Kier alpha value is -3.37. The highest BCUT2D eigenvalue weighted by Crippen LogP contribution is 2.48. The number of alkyl halides is 2. The number of rotatable bonds is 3. The van der Waals surface area contributed by atoms with Gasteiger partial charge in [0.15, 0.2) is 5.69 Å². The molecule has 0 saturated heterocycles. The standard InChI is InChI=1S/C37H50F2N2O7/c1-9-22-28-18-23(30(22)34(44)48-36(5,6)7)31(43)24(35(2,3)4)19-29(42)46-27-16-20(27)12-10-11-15-37(38,39)32-33(47-28)41-26-17-21(45-8)13-14-25(26)40-32/h13-14,17,20,22-24,27-28,30H,9-12,15-16,18-19H2,1-8H3/t20-,22-,23?,24-,27-,28+,30-/m1/s1. The molecule has 2 aliphatic carbocycles. The topological polar surface area (TPSA) is 114 Å². The summed E-state index contributed by atoms with van der Waals surface area (Å²) in [5.41, 5.74) is -1.43. The highest BCUT2D eigenvalue weighted by molar-refractivity contribution is 5.92. The number of aromatic nitrogens is 2. The van der Waals surface area contributed by atoms with E-state index in [9.17, 15) is 14.4 Å². The van der Waals surface area contributed by atoms with Crippen LogP contribution in [-0.4, -0.2) is 52.6 Å². The van der Waals surface area contributed by atoms with Crippen molar-refractivity contribution in [3.8, 4) is 11.6 Å². The van der Waals surface area contributed by atoms with Crippen molar-refractivity contribution in [2.45, 2.75) is 124 Å². The van der Waals surface area contributed by atoms with Crippen molar-refractivity contribution in [1.82, 2.24) is 9.97 Å². The number of halogens is 2. The van der Waals surface area contributed by atoms with Crippen molar-refractivity contribution in [1.29, 1.82) is 0 Å². The lowest BCUT2D eigenvalue weighted by molar-refractivity contribution is -0.165. The van der Waals surface area contributed by atoms with E-state index in [1.54, 1.807) is 39.0 Å². The van der Waals surface area contributed by atoms with Gasteiger partial charge in [-0.3, -0.25) is 14.4 Å². The van der Waals surface area contributed by atoms with E-state index >= 15 is 8.78 Å². The fraction of sp³-hybridized carbons (Fsp3) is 0.703. The number of fused-ring (bicyclic) bond motifs is 5. The van der Waals surface area contributed by atoms with Crippen molar-refractivity contribution >= 4 is 28.8 Å². The molecule has 2 aromatic rings. The number of hydrogen-bond donors (Lipinski definition) is 0. The van der Waals surface area contributed by atoms with Crippen LogP contribution in [0.5, 0.6) is 11.6 Å². The second-order valence-electron chi connectivity index (χ2n) is 15.9. The summed E-state index contributed by atoms with van der Waals surface area (Å²) in [6, 6.07) is 4.83. The van der Waals surface area contributed by atoms with E-state index < -0.39 is 70.8 Å². The molecule has 1 aromatic heterocycles. The number of Topliss-reactive ketones (excluding diaryl/α,β-unsaturated/α-hetero) is 1. The number of hydrogen-bond acceptors (Lipinski definition) is 9. The average molecular weight is 673 g/mol. The Balaban J connectivity index is 1.62. The number of carbonyl (C=O) groups is 3. The predicted molar refractivity (Wildman–Crippen MR) is 175 cm³/mol. The zero-order chi connectivity index (χ0) is 35.2. The summed E-state index contributed by atoms with van der Waals surface area (Å²) in [5, 5.41) is 0. The minimum absolute atomic E-state index is 0.0659. The second-order valence-corrected chi connectivity index (χ2v) is 15.9. The fourth-order valence-electron chi connectivity index (χ4n) is 7.38. The predicted octanol–water partition coefficient (Wildman–Crippen LogP) is 7.61. The van der Waals surface area contributed by atoms with Gasteiger partial charge in [-0.25, -0.2) is 9.97 Å². The quantitative estimate of drug-likeness (QED) is 0.304. The molecule has 1 aromatic carbocycles. The Morgan fingerprint density at radius 2 is 1.73 bits per heavy atom. The van der Waals surface area contributed by atoms with Crippen LogP contribution in [0.4, 0.5) is 8.78 Å². The van der Waals surface area contributed by atoms with Gasteiger partial charge in [-0.2, -0.15) is 8.78 Å². The highest BCUT2D eigenvalue weighted by atomic mass is 19.3. The molecular formula is C37H50F2N2O7. The number of ether oxygens (including phenoxy) is 4. The zero-order valence-electron chi connectivity index (χ0n) is 29.4. The van der Waals surface area contributed by atoms with Gasteiger partial charge in [0.25, 0.3) is 5.92 Å². The molecule has 11 heteroatoms. The first-order valence-electron chi connectivity index (χ1n) is 17.3. The van der Waals surface area contributed by atoms with Gasteiger partial charge < -0.3 is 18.9 Å². The zero-order valence-corrected chi connectivity index (χ0v) is 29.4. The molecule has 9 nitrogen and oxygen atoms in total. The first-order chi connectivity index (χ1) is 22.4. The van der Waals surface area contributed by atoms with Gasteiger partial charge >= 0.3 is 11.9 Å². The van der Waals surface area contributed by atoms with E-state index in [-0.39, 0.29) is 48.5 Å². The summed E-state index contributed by atoms with van der Waals surface area (Å²) in [5.74, 6) is -7.46. The van der Waals surface area contributed by atoms with Gasteiger partial charge in [-0.15, -0.1) is 0 Å². The maximum atomic E-state index is 16.1. The van der Waals surface area contributed by atoms with Gasteiger partial charge in [0.1, 0.15) is 29.3 Å². The van der Waals surface area contributed by atoms with E-state index in [0.717, 1.165) is 0 Å². The summed E-state index contributed by atoms with van der Waals surface area (Å²) in [7, 11) is 1.50. The van der Waals surface area contributed by atoms with Crippen LogP contribution in [0.25, 0.3) is 11.0 Å². The third kappa shape index (κ3) is 7.91. The fourth-order valence-corrected chi connectivity index (χ4v) is 7.38. The average Bonchev–Trinajstić information content (AvgIpc) is 3.61. The Labute approximate surface area is 281 Å².